The fourth-order valence-corrected chi connectivity index (χ4v) is 1.87. The number of carbonyl (C=O) groups is 1. The Bertz CT molecular complexity index is 842. The summed E-state index contributed by atoms with van der Waals surface area (Å²) in [4.78, 5) is 16.0. The zero-order valence-electron chi connectivity index (χ0n) is 10.9. The van der Waals surface area contributed by atoms with E-state index in [1.807, 2.05) is 0 Å². The highest BCUT2D eigenvalue weighted by Crippen LogP contribution is 2.22. The first-order valence-electron chi connectivity index (χ1n) is 6.07. The van der Waals surface area contributed by atoms with Gasteiger partial charge in [0.05, 0.1) is 5.56 Å². The van der Waals surface area contributed by atoms with E-state index in [4.69, 9.17) is 9.15 Å². The lowest BCUT2D eigenvalue weighted by Gasteiger charge is -2.04. The van der Waals surface area contributed by atoms with Crippen LogP contribution in [0.4, 0.5) is 8.78 Å². The largest absolute Gasteiger partial charge is 0.441 e. The summed E-state index contributed by atoms with van der Waals surface area (Å²) >= 11 is 0. The maximum atomic E-state index is 13.1. The SMILES string of the molecule is Cc1nc2cc(OC(=O)c3ccc(F)c(F)c3)ccc2o1. The number of oxazole rings is 1. The molecule has 3 aromatic rings. The summed E-state index contributed by atoms with van der Waals surface area (Å²) in [6.07, 6.45) is 0. The number of carbonyl (C=O) groups excluding carboxylic acids is 1. The first kappa shape index (κ1) is 13.2. The van der Waals surface area contributed by atoms with Crippen molar-refractivity contribution < 1.29 is 22.7 Å². The van der Waals surface area contributed by atoms with Crippen molar-refractivity contribution in [3.8, 4) is 5.75 Å². The molecule has 106 valence electrons. The minimum atomic E-state index is -1.10. The van der Waals surface area contributed by atoms with Gasteiger partial charge in [-0.25, -0.2) is 18.6 Å². The van der Waals surface area contributed by atoms with Gasteiger partial charge in [-0.2, -0.15) is 0 Å². The van der Waals surface area contributed by atoms with Crippen LogP contribution in [0.2, 0.25) is 0 Å². The number of aryl methyl sites for hydroxylation is 1. The predicted octanol–water partition coefficient (Wildman–Crippen LogP) is 3.63. The maximum absolute atomic E-state index is 13.1. The molecule has 0 aliphatic carbocycles. The molecule has 6 heteroatoms. The zero-order chi connectivity index (χ0) is 15.0. The van der Waals surface area contributed by atoms with Crippen molar-refractivity contribution in [3.63, 3.8) is 0 Å². The third kappa shape index (κ3) is 2.60. The highest BCUT2D eigenvalue weighted by Gasteiger charge is 2.13. The Kier molecular flexibility index (Phi) is 3.13. The van der Waals surface area contributed by atoms with Crippen LogP contribution in [0, 0.1) is 18.6 Å². The lowest BCUT2D eigenvalue weighted by Crippen LogP contribution is -2.09. The van der Waals surface area contributed by atoms with Gasteiger partial charge in [0, 0.05) is 13.0 Å². The number of hydrogen-bond donors (Lipinski definition) is 0. The van der Waals surface area contributed by atoms with Gasteiger partial charge < -0.3 is 9.15 Å². The Morgan fingerprint density at radius 3 is 2.71 bits per heavy atom. The fraction of sp³-hybridized carbons (Fsp3) is 0.0667. The number of rotatable bonds is 2. The fourth-order valence-electron chi connectivity index (χ4n) is 1.87. The van der Waals surface area contributed by atoms with Crippen molar-refractivity contribution >= 4 is 17.1 Å². The van der Waals surface area contributed by atoms with E-state index < -0.39 is 17.6 Å². The monoisotopic (exact) mass is 289 g/mol. The first-order chi connectivity index (χ1) is 10.0. The van der Waals surface area contributed by atoms with Crippen LogP contribution in [-0.2, 0) is 0 Å². The average molecular weight is 289 g/mol. The highest BCUT2D eigenvalue weighted by molar-refractivity contribution is 5.91. The summed E-state index contributed by atoms with van der Waals surface area (Å²) in [6, 6.07) is 7.49. The number of halogens is 2. The van der Waals surface area contributed by atoms with Gasteiger partial charge in [0.15, 0.2) is 23.1 Å². The van der Waals surface area contributed by atoms with Gasteiger partial charge in [-0.3, -0.25) is 0 Å². The van der Waals surface area contributed by atoms with Crippen molar-refractivity contribution in [1.29, 1.82) is 0 Å². The molecular formula is C15H9F2NO3. The molecule has 4 nitrogen and oxygen atoms in total. The molecule has 0 aliphatic heterocycles. The van der Waals surface area contributed by atoms with Crippen molar-refractivity contribution in [1.82, 2.24) is 4.98 Å². The summed E-state index contributed by atoms with van der Waals surface area (Å²) in [5, 5.41) is 0. The molecular weight excluding hydrogens is 280 g/mol. The molecule has 0 unspecified atom stereocenters. The van der Waals surface area contributed by atoms with Crippen LogP contribution < -0.4 is 4.74 Å². The summed E-state index contributed by atoms with van der Waals surface area (Å²) in [6.45, 7) is 1.70. The Balaban J connectivity index is 1.86. The molecule has 0 saturated carbocycles. The Morgan fingerprint density at radius 1 is 1.14 bits per heavy atom. The average Bonchev–Trinajstić information content (AvgIpc) is 2.81. The van der Waals surface area contributed by atoms with Gasteiger partial charge in [0.2, 0.25) is 0 Å². The van der Waals surface area contributed by atoms with E-state index in [1.54, 1.807) is 13.0 Å². The Morgan fingerprint density at radius 2 is 1.95 bits per heavy atom. The van der Waals surface area contributed by atoms with Gasteiger partial charge in [-0.15, -0.1) is 0 Å². The van der Waals surface area contributed by atoms with Crippen LogP contribution in [0.25, 0.3) is 11.1 Å². The van der Waals surface area contributed by atoms with Crippen molar-refractivity contribution in [2.24, 2.45) is 0 Å². The number of aromatic nitrogens is 1. The molecule has 0 bridgehead atoms. The number of fused-ring (bicyclic) bond motifs is 1. The van der Waals surface area contributed by atoms with E-state index in [0.717, 1.165) is 18.2 Å². The van der Waals surface area contributed by atoms with Crippen LogP contribution in [0.3, 0.4) is 0 Å². The Hall–Kier alpha value is -2.76. The molecule has 3 rings (SSSR count). The second-order valence-electron chi connectivity index (χ2n) is 4.38. The van der Waals surface area contributed by atoms with E-state index in [1.165, 1.54) is 12.1 Å². The quantitative estimate of drug-likeness (QED) is 0.534. The van der Waals surface area contributed by atoms with Crippen LogP contribution in [-0.4, -0.2) is 11.0 Å². The molecule has 0 N–H and O–H groups in total. The lowest BCUT2D eigenvalue weighted by molar-refractivity contribution is 0.0734. The van der Waals surface area contributed by atoms with Gasteiger partial charge in [0.1, 0.15) is 11.3 Å². The molecule has 1 aromatic heterocycles. The molecule has 1 heterocycles. The van der Waals surface area contributed by atoms with E-state index in [0.29, 0.717) is 17.0 Å². The van der Waals surface area contributed by atoms with E-state index >= 15 is 0 Å². The van der Waals surface area contributed by atoms with E-state index in [2.05, 4.69) is 4.98 Å². The van der Waals surface area contributed by atoms with Crippen LogP contribution in [0.5, 0.6) is 5.75 Å². The number of hydrogen-bond acceptors (Lipinski definition) is 4. The van der Waals surface area contributed by atoms with Gasteiger partial charge in [0.25, 0.3) is 0 Å². The molecule has 0 atom stereocenters. The summed E-state index contributed by atoms with van der Waals surface area (Å²) in [7, 11) is 0. The number of nitrogens with zero attached hydrogens (tertiary/aromatic N) is 1. The normalized spacial score (nSPS) is 10.8. The molecule has 0 radical (unpaired) electrons. The lowest BCUT2D eigenvalue weighted by atomic mass is 10.2. The van der Waals surface area contributed by atoms with Crippen molar-refractivity contribution in [3.05, 3.63) is 59.5 Å². The highest BCUT2D eigenvalue weighted by atomic mass is 19.2. The van der Waals surface area contributed by atoms with Gasteiger partial charge in [-0.05, 0) is 30.3 Å². The zero-order valence-corrected chi connectivity index (χ0v) is 10.9. The molecule has 21 heavy (non-hydrogen) atoms. The summed E-state index contributed by atoms with van der Waals surface area (Å²) in [5.41, 5.74) is 1.04. The topological polar surface area (TPSA) is 52.3 Å². The number of ether oxygens (including phenoxy) is 1. The summed E-state index contributed by atoms with van der Waals surface area (Å²) in [5.74, 6) is -2.17. The minimum Gasteiger partial charge on any atom is -0.441 e. The molecule has 0 spiro atoms. The number of esters is 1. The first-order valence-corrected chi connectivity index (χ1v) is 6.07. The molecule has 2 aromatic carbocycles. The van der Waals surface area contributed by atoms with E-state index in [-0.39, 0.29) is 11.3 Å². The maximum Gasteiger partial charge on any atom is 0.343 e. The smallest absolute Gasteiger partial charge is 0.343 e. The van der Waals surface area contributed by atoms with Crippen molar-refractivity contribution in [2.75, 3.05) is 0 Å². The molecule has 0 fully saturated rings. The second-order valence-corrected chi connectivity index (χ2v) is 4.38. The summed E-state index contributed by atoms with van der Waals surface area (Å²) < 4.78 is 36.3. The standard InChI is InChI=1S/C15H9F2NO3/c1-8-18-13-7-10(3-5-14(13)20-8)21-15(19)9-2-4-11(16)12(17)6-9/h2-7H,1H3. The third-order valence-corrected chi connectivity index (χ3v) is 2.83. The minimum absolute atomic E-state index is 0.0784. The van der Waals surface area contributed by atoms with Crippen LogP contribution in [0.1, 0.15) is 16.2 Å². The molecule has 0 amide bonds. The number of benzene rings is 2. The van der Waals surface area contributed by atoms with E-state index in [9.17, 15) is 13.6 Å². The predicted molar refractivity (Wildman–Crippen MR) is 70.1 cm³/mol. The van der Waals surface area contributed by atoms with Crippen LogP contribution >= 0.6 is 0 Å². The van der Waals surface area contributed by atoms with Crippen LogP contribution in [0.15, 0.2) is 40.8 Å². The molecule has 0 aliphatic rings. The van der Waals surface area contributed by atoms with Gasteiger partial charge in [-0.1, -0.05) is 0 Å². The molecule has 0 saturated heterocycles. The third-order valence-electron chi connectivity index (χ3n) is 2.83. The van der Waals surface area contributed by atoms with Gasteiger partial charge >= 0.3 is 5.97 Å². The van der Waals surface area contributed by atoms with Crippen molar-refractivity contribution in [2.45, 2.75) is 6.92 Å². The second kappa shape index (κ2) is 4.97. The Labute approximate surface area is 118 Å².